The number of aryl methyl sites for hydroxylation is 1. The molecule has 0 saturated carbocycles. The minimum absolute atomic E-state index is 0.818. The van der Waals surface area contributed by atoms with Gasteiger partial charge in [0.2, 0.25) is 5.96 Å². The Kier molecular flexibility index (Phi) is 8.23. The van der Waals surface area contributed by atoms with Crippen LogP contribution < -0.4 is 4.90 Å². The molecule has 0 unspecified atom stereocenters. The van der Waals surface area contributed by atoms with E-state index in [1.807, 2.05) is 12.1 Å². The van der Waals surface area contributed by atoms with E-state index in [-0.39, 0.29) is 0 Å². The van der Waals surface area contributed by atoms with Crippen LogP contribution in [0.1, 0.15) is 18.1 Å². The summed E-state index contributed by atoms with van der Waals surface area (Å²) in [6.07, 6.45) is 0.896. The van der Waals surface area contributed by atoms with E-state index >= 15 is 0 Å². The Morgan fingerprint density at radius 1 is 0.482 bits per heavy atom. The van der Waals surface area contributed by atoms with Gasteiger partial charge in [0.15, 0.2) is 0 Å². The van der Waals surface area contributed by atoms with Gasteiger partial charge in [-0.15, -0.1) is 0 Å². The van der Waals surface area contributed by atoms with Crippen LogP contribution in [0.15, 0.2) is 200 Å². The third-order valence-electron chi connectivity index (χ3n) is 10.9. The van der Waals surface area contributed by atoms with Crippen molar-refractivity contribution in [3.63, 3.8) is 0 Å². The SMILES string of the molecule is C=C1c2ccccc2N=C(n2c3ccccc3c3cc(-c4ccc(-c5cc(-c6ccccc6)cc(-c6ccccc6)n5)cc4)ccc32)N1c1ccccc1CC. The molecule has 9 aromatic rings. The molecule has 0 bridgehead atoms. The summed E-state index contributed by atoms with van der Waals surface area (Å²) < 4.78 is 2.31. The van der Waals surface area contributed by atoms with Crippen LogP contribution in [-0.4, -0.2) is 15.5 Å². The normalized spacial score (nSPS) is 12.6. The van der Waals surface area contributed by atoms with Gasteiger partial charge in [0, 0.05) is 27.5 Å². The quantitative estimate of drug-likeness (QED) is 0.171. The van der Waals surface area contributed by atoms with Crippen LogP contribution in [0.4, 0.5) is 11.4 Å². The topological polar surface area (TPSA) is 33.4 Å². The van der Waals surface area contributed by atoms with Gasteiger partial charge in [0.05, 0.1) is 39.5 Å². The molecule has 4 nitrogen and oxygen atoms in total. The number of rotatable bonds is 6. The Hall–Kier alpha value is -7.30. The van der Waals surface area contributed by atoms with Gasteiger partial charge in [-0.25, -0.2) is 9.98 Å². The van der Waals surface area contributed by atoms with Crippen molar-refractivity contribution < 1.29 is 0 Å². The number of hydrogen-bond donors (Lipinski definition) is 0. The molecule has 1 aliphatic rings. The number of anilines is 1. The van der Waals surface area contributed by atoms with Crippen LogP contribution in [0.3, 0.4) is 0 Å². The van der Waals surface area contributed by atoms with Gasteiger partial charge in [0.25, 0.3) is 0 Å². The van der Waals surface area contributed by atoms with Crippen molar-refractivity contribution in [1.82, 2.24) is 9.55 Å². The fourth-order valence-corrected chi connectivity index (χ4v) is 8.08. The number of para-hydroxylation sites is 3. The van der Waals surface area contributed by atoms with Gasteiger partial charge in [0.1, 0.15) is 0 Å². The van der Waals surface area contributed by atoms with Crippen LogP contribution in [0.5, 0.6) is 0 Å². The van der Waals surface area contributed by atoms with Crippen LogP contribution in [0.25, 0.3) is 72.3 Å². The molecular weight excluding hydrogens is 681 g/mol. The van der Waals surface area contributed by atoms with E-state index in [0.29, 0.717) is 0 Å². The lowest BCUT2D eigenvalue weighted by atomic mass is 9.98. The number of aliphatic imine (C=N–C) groups is 1. The third kappa shape index (κ3) is 5.71. The first-order valence-electron chi connectivity index (χ1n) is 19.2. The van der Waals surface area contributed by atoms with Crippen molar-refractivity contribution in [3.8, 4) is 44.8 Å². The number of pyridine rings is 1. The molecule has 2 aromatic heterocycles. The van der Waals surface area contributed by atoms with Gasteiger partial charge in [-0.1, -0.05) is 159 Å². The Labute approximate surface area is 327 Å². The molecular formula is C52H38N4. The highest BCUT2D eigenvalue weighted by Crippen LogP contribution is 2.41. The molecule has 56 heavy (non-hydrogen) atoms. The van der Waals surface area contributed by atoms with E-state index in [1.54, 1.807) is 0 Å². The molecule has 4 heteroatoms. The minimum Gasteiger partial charge on any atom is -0.280 e. The summed E-state index contributed by atoms with van der Waals surface area (Å²) in [5, 5.41) is 2.34. The number of hydrogen-bond acceptors (Lipinski definition) is 3. The maximum atomic E-state index is 5.38. The van der Waals surface area contributed by atoms with Crippen molar-refractivity contribution in [2.24, 2.45) is 4.99 Å². The molecule has 0 N–H and O–H groups in total. The minimum atomic E-state index is 0.818. The number of fused-ring (bicyclic) bond motifs is 4. The van der Waals surface area contributed by atoms with Gasteiger partial charge in [-0.2, -0.15) is 0 Å². The lowest BCUT2D eigenvalue weighted by molar-refractivity contribution is 1.09. The average Bonchev–Trinajstić information content (AvgIpc) is 3.60. The summed E-state index contributed by atoms with van der Waals surface area (Å²) in [5.41, 5.74) is 16.1. The molecule has 0 saturated heterocycles. The van der Waals surface area contributed by atoms with Crippen LogP contribution in [0.2, 0.25) is 0 Å². The second-order valence-corrected chi connectivity index (χ2v) is 14.2. The molecule has 7 aromatic carbocycles. The second-order valence-electron chi connectivity index (χ2n) is 14.2. The first-order chi connectivity index (χ1) is 27.6. The highest BCUT2D eigenvalue weighted by atomic mass is 15.3. The zero-order valence-corrected chi connectivity index (χ0v) is 31.1. The molecule has 0 radical (unpaired) electrons. The summed E-state index contributed by atoms with van der Waals surface area (Å²) in [4.78, 5) is 12.8. The fraction of sp³-hybridized carbons (Fsp3) is 0.0385. The van der Waals surface area contributed by atoms with Crippen molar-refractivity contribution in [2.75, 3.05) is 4.90 Å². The number of nitrogens with zero attached hydrogens (tertiary/aromatic N) is 4. The molecule has 0 spiro atoms. The van der Waals surface area contributed by atoms with Crippen molar-refractivity contribution >= 4 is 44.8 Å². The predicted molar refractivity (Wildman–Crippen MR) is 235 cm³/mol. The first kappa shape index (κ1) is 33.3. The maximum absolute atomic E-state index is 5.38. The van der Waals surface area contributed by atoms with Crippen LogP contribution >= 0.6 is 0 Å². The van der Waals surface area contributed by atoms with Gasteiger partial charge >= 0.3 is 0 Å². The summed E-state index contributed by atoms with van der Waals surface area (Å²) >= 11 is 0. The maximum Gasteiger partial charge on any atom is 0.220 e. The van der Waals surface area contributed by atoms with Gasteiger partial charge < -0.3 is 0 Å². The van der Waals surface area contributed by atoms with Crippen LogP contribution in [0, 0.1) is 0 Å². The number of aromatic nitrogens is 2. The third-order valence-corrected chi connectivity index (χ3v) is 10.9. The molecule has 0 aliphatic carbocycles. The van der Waals surface area contributed by atoms with Gasteiger partial charge in [-0.3, -0.25) is 9.47 Å². The zero-order valence-electron chi connectivity index (χ0n) is 31.1. The van der Waals surface area contributed by atoms with E-state index in [1.165, 1.54) is 21.9 Å². The Bertz CT molecular complexity index is 2900. The molecule has 0 atom stereocenters. The van der Waals surface area contributed by atoms with E-state index in [4.69, 9.17) is 9.98 Å². The average molecular weight is 719 g/mol. The van der Waals surface area contributed by atoms with E-state index < -0.39 is 0 Å². The molecule has 10 rings (SSSR count). The zero-order chi connectivity index (χ0) is 37.6. The van der Waals surface area contributed by atoms with Crippen LogP contribution in [-0.2, 0) is 6.42 Å². The molecule has 266 valence electrons. The second kappa shape index (κ2) is 13.8. The first-order valence-corrected chi connectivity index (χ1v) is 19.2. The lowest BCUT2D eigenvalue weighted by Crippen LogP contribution is -2.37. The van der Waals surface area contributed by atoms with E-state index in [2.05, 4.69) is 199 Å². The highest BCUT2D eigenvalue weighted by Gasteiger charge is 2.30. The largest absolute Gasteiger partial charge is 0.280 e. The highest BCUT2D eigenvalue weighted by molar-refractivity contribution is 6.22. The fourth-order valence-electron chi connectivity index (χ4n) is 8.08. The monoisotopic (exact) mass is 718 g/mol. The van der Waals surface area contributed by atoms with Gasteiger partial charge in [-0.05, 0) is 76.7 Å². The lowest BCUT2D eigenvalue weighted by Gasteiger charge is -2.34. The van der Waals surface area contributed by atoms with E-state index in [0.717, 1.165) is 85.3 Å². The van der Waals surface area contributed by atoms with Crippen molar-refractivity contribution in [1.29, 1.82) is 0 Å². The summed E-state index contributed by atoms with van der Waals surface area (Å²) in [7, 11) is 0. The Morgan fingerprint density at radius 2 is 1.05 bits per heavy atom. The summed E-state index contributed by atoms with van der Waals surface area (Å²) in [6, 6.07) is 66.4. The van der Waals surface area contributed by atoms with E-state index in [9.17, 15) is 0 Å². The smallest absolute Gasteiger partial charge is 0.220 e. The summed E-state index contributed by atoms with van der Waals surface area (Å²) in [6.45, 7) is 6.86. The molecule has 3 heterocycles. The Balaban J connectivity index is 1.08. The van der Waals surface area contributed by atoms with Crippen molar-refractivity contribution in [2.45, 2.75) is 13.3 Å². The molecule has 0 amide bonds. The molecule has 1 aliphatic heterocycles. The summed E-state index contributed by atoms with van der Waals surface area (Å²) in [5.74, 6) is 0.818. The molecule has 0 fully saturated rings. The number of benzene rings is 7. The predicted octanol–water partition coefficient (Wildman–Crippen LogP) is 13.4. The standard InChI is InChI=1S/C52H38N4/c1-3-36-16-10-14-24-49(36)55-35(2)43-21-11-13-23-46(43)54-52(55)56-50-25-15-12-22-44(50)45-32-41(30-31-51(45)56)38-26-28-40(29-27-38)48-34-42(37-17-6-4-7-18-37)33-47(53-48)39-19-8-5-9-20-39/h4-34H,2-3H2,1H3. The van der Waals surface area contributed by atoms with Crippen molar-refractivity contribution in [3.05, 3.63) is 206 Å². The Morgan fingerprint density at radius 3 is 1.82 bits per heavy atom.